The standard InChI is InChI=1S/C16H28N2O3/c1-11-10-14(13(3)20-11)12(2)17-8-7-9-18-15(19)21-16(4,5)6/h10,12,17H,7-9H2,1-6H3,(H,18,19). The summed E-state index contributed by atoms with van der Waals surface area (Å²) in [6.45, 7) is 13.0. The Bertz CT molecular complexity index is 461. The lowest BCUT2D eigenvalue weighted by atomic mass is 10.1. The molecule has 2 N–H and O–H groups in total. The zero-order chi connectivity index (χ0) is 16.0. The molecule has 21 heavy (non-hydrogen) atoms. The molecule has 0 aliphatic carbocycles. The summed E-state index contributed by atoms with van der Waals surface area (Å²) in [5.74, 6) is 1.89. The number of nitrogens with one attached hydrogen (secondary N) is 2. The summed E-state index contributed by atoms with van der Waals surface area (Å²) in [5.41, 5.74) is 0.737. The number of carbonyl (C=O) groups is 1. The fourth-order valence-corrected chi connectivity index (χ4v) is 2.10. The van der Waals surface area contributed by atoms with Crippen molar-refractivity contribution in [2.45, 2.75) is 59.6 Å². The summed E-state index contributed by atoms with van der Waals surface area (Å²) < 4.78 is 10.7. The molecule has 0 bridgehead atoms. The van der Waals surface area contributed by atoms with Crippen molar-refractivity contribution in [3.8, 4) is 0 Å². The minimum absolute atomic E-state index is 0.240. The summed E-state index contributed by atoms with van der Waals surface area (Å²) in [6, 6.07) is 2.30. The first-order chi connectivity index (χ1) is 9.69. The number of furan rings is 1. The summed E-state index contributed by atoms with van der Waals surface area (Å²) in [7, 11) is 0. The van der Waals surface area contributed by atoms with Gasteiger partial charge in [-0.25, -0.2) is 4.79 Å². The van der Waals surface area contributed by atoms with Gasteiger partial charge >= 0.3 is 6.09 Å². The molecule has 1 heterocycles. The topological polar surface area (TPSA) is 63.5 Å². The highest BCUT2D eigenvalue weighted by Crippen LogP contribution is 2.20. The van der Waals surface area contributed by atoms with Gasteiger partial charge in [0.2, 0.25) is 0 Å². The van der Waals surface area contributed by atoms with Gasteiger partial charge in [0.25, 0.3) is 0 Å². The fraction of sp³-hybridized carbons (Fsp3) is 0.688. The molecule has 1 atom stereocenters. The van der Waals surface area contributed by atoms with Crippen molar-refractivity contribution < 1.29 is 13.9 Å². The van der Waals surface area contributed by atoms with Crippen LogP contribution in [0.2, 0.25) is 0 Å². The second kappa shape index (κ2) is 7.50. The van der Waals surface area contributed by atoms with E-state index in [0.29, 0.717) is 6.54 Å². The van der Waals surface area contributed by atoms with E-state index in [2.05, 4.69) is 23.6 Å². The smallest absolute Gasteiger partial charge is 0.407 e. The van der Waals surface area contributed by atoms with Crippen LogP contribution in [-0.4, -0.2) is 24.8 Å². The second-order valence-electron chi connectivity index (χ2n) is 6.33. The van der Waals surface area contributed by atoms with Crippen LogP contribution in [-0.2, 0) is 4.74 Å². The Morgan fingerprint density at radius 2 is 2.00 bits per heavy atom. The molecule has 0 aliphatic rings. The number of amides is 1. The Morgan fingerprint density at radius 1 is 1.33 bits per heavy atom. The normalized spacial score (nSPS) is 13.0. The van der Waals surface area contributed by atoms with Crippen LogP contribution >= 0.6 is 0 Å². The van der Waals surface area contributed by atoms with Crippen LogP contribution in [0.25, 0.3) is 0 Å². The predicted molar refractivity (Wildman–Crippen MR) is 83.5 cm³/mol. The predicted octanol–water partition coefficient (Wildman–Crippen LogP) is 3.46. The van der Waals surface area contributed by atoms with Crippen LogP contribution < -0.4 is 10.6 Å². The first-order valence-electron chi connectivity index (χ1n) is 7.46. The Hall–Kier alpha value is -1.49. The average molecular weight is 296 g/mol. The summed E-state index contributed by atoms with van der Waals surface area (Å²) in [6.07, 6.45) is 0.483. The van der Waals surface area contributed by atoms with Crippen molar-refractivity contribution in [3.63, 3.8) is 0 Å². The van der Waals surface area contributed by atoms with Crippen molar-refractivity contribution in [1.82, 2.24) is 10.6 Å². The lowest BCUT2D eigenvalue weighted by molar-refractivity contribution is 0.0527. The number of carbonyl (C=O) groups excluding carboxylic acids is 1. The van der Waals surface area contributed by atoms with Gasteiger partial charge in [-0.1, -0.05) is 0 Å². The highest BCUT2D eigenvalue weighted by molar-refractivity contribution is 5.67. The van der Waals surface area contributed by atoms with Crippen molar-refractivity contribution >= 4 is 6.09 Å². The Balaban J connectivity index is 2.20. The summed E-state index contributed by atoms with van der Waals surface area (Å²) in [4.78, 5) is 11.5. The Kier molecular flexibility index (Phi) is 6.27. The van der Waals surface area contributed by atoms with E-state index in [1.54, 1.807) is 0 Å². The molecular weight excluding hydrogens is 268 g/mol. The molecule has 120 valence electrons. The second-order valence-corrected chi connectivity index (χ2v) is 6.33. The molecule has 0 saturated heterocycles. The minimum Gasteiger partial charge on any atom is -0.466 e. The van der Waals surface area contributed by atoms with Gasteiger partial charge in [0.1, 0.15) is 17.1 Å². The molecule has 0 saturated carbocycles. The SMILES string of the molecule is Cc1cc(C(C)NCCCNC(=O)OC(C)(C)C)c(C)o1. The van der Waals surface area contributed by atoms with Crippen LogP contribution in [0.15, 0.2) is 10.5 Å². The largest absolute Gasteiger partial charge is 0.466 e. The van der Waals surface area contributed by atoms with Gasteiger partial charge in [0, 0.05) is 18.2 Å². The zero-order valence-electron chi connectivity index (χ0n) is 14.0. The van der Waals surface area contributed by atoms with Crippen molar-refractivity contribution in [1.29, 1.82) is 0 Å². The van der Waals surface area contributed by atoms with Gasteiger partial charge in [0.15, 0.2) is 0 Å². The quantitative estimate of drug-likeness (QED) is 0.789. The van der Waals surface area contributed by atoms with Crippen LogP contribution in [0.3, 0.4) is 0 Å². The van der Waals surface area contributed by atoms with Gasteiger partial charge in [-0.15, -0.1) is 0 Å². The monoisotopic (exact) mass is 296 g/mol. The lowest BCUT2D eigenvalue weighted by Gasteiger charge is -2.19. The van der Waals surface area contributed by atoms with Crippen molar-refractivity contribution in [3.05, 3.63) is 23.2 Å². The van der Waals surface area contributed by atoms with Gasteiger partial charge in [-0.05, 0) is 60.6 Å². The molecule has 0 radical (unpaired) electrons. The molecule has 0 fully saturated rings. The number of ether oxygens (including phenoxy) is 1. The van der Waals surface area contributed by atoms with E-state index in [9.17, 15) is 4.79 Å². The average Bonchev–Trinajstić information content (AvgIpc) is 2.65. The number of hydrogen-bond donors (Lipinski definition) is 2. The third-order valence-electron chi connectivity index (χ3n) is 3.02. The third-order valence-corrected chi connectivity index (χ3v) is 3.02. The van der Waals surface area contributed by atoms with E-state index >= 15 is 0 Å². The van der Waals surface area contributed by atoms with E-state index < -0.39 is 5.60 Å². The molecule has 5 nitrogen and oxygen atoms in total. The molecule has 1 aromatic heterocycles. The van der Waals surface area contributed by atoms with E-state index in [0.717, 1.165) is 24.5 Å². The molecular formula is C16H28N2O3. The van der Waals surface area contributed by atoms with Gasteiger partial charge in [-0.2, -0.15) is 0 Å². The van der Waals surface area contributed by atoms with Crippen LogP contribution in [0.1, 0.15) is 57.2 Å². The highest BCUT2D eigenvalue weighted by atomic mass is 16.6. The van der Waals surface area contributed by atoms with E-state index in [4.69, 9.17) is 9.15 Å². The number of rotatable bonds is 6. The number of hydrogen-bond acceptors (Lipinski definition) is 4. The van der Waals surface area contributed by atoms with E-state index in [1.807, 2.05) is 34.6 Å². The van der Waals surface area contributed by atoms with Crippen LogP contribution in [0.4, 0.5) is 4.79 Å². The minimum atomic E-state index is -0.451. The van der Waals surface area contributed by atoms with Crippen molar-refractivity contribution in [2.75, 3.05) is 13.1 Å². The first-order valence-corrected chi connectivity index (χ1v) is 7.46. The fourth-order valence-electron chi connectivity index (χ4n) is 2.10. The first kappa shape index (κ1) is 17.6. The summed E-state index contributed by atoms with van der Waals surface area (Å²) >= 11 is 0. The maximum atomic E-state index is 11.5. The highest BCUT2D eigenvalue weighted by Gasteiger charge is 2.15. The molecule has 5 heteroatoms. The van der Waals surface area contributed by atoms with E-state index in [1.165, 1.54) is 5.56 Å². The number of aryl methyl sites for hydroxylation is 2. The van der Waals surface area contributed by atoms with Crippen LogP contribution in [0, 0.1) is 13.8 Å². The molecule has 1 rings (SSSR count). The van der Waals surface area contributed by atoms with Gasteiger partial charge < -0.3 is 19.8 Å². The lowest BCUT2D eigenvalue weighted by Crippen LogP contribution is -2.34. The molecule has 0 aromatic carbocycles. The zero-order valence-corrected chi connectivity index (χ0v) is 14.0. The summed E-state index contributed by atoms with van der Waals surface area (Å²) in [5, 5.41) is 6.17. The molecule has 1 amide bonds. The van der Waals surface area contributed by atoms with Gasteiger partial charge in [0.05, 0.1) is 0 Å². The van der Waals surface area contributed by atoms with E-state index in [-0.39, 0.29) is 12.1 Å². The van der Waals surface area contributed by atoms with Crippen molar-refractivity contribution in [2.24, 2.45) is 0 Å². The molecule has 1 unspecified atom stereocenters. The molecule has 0 aliphatic heterocycles. The third kappa shape index (κ3) is 6.67. The Labute approximate surface area is 127 Å². The maximum Gasteiger partial charge on any atom is 0.407 e. The maximum absolute atomic E-state index is 11.5. The number of alkyl carbamates (subject to hydrolysis) is 1. The Morgan fingerprint density at radius 3 is 2.52 bits per heavy atom. The van der Waals surface area contributed by atoms with Gasteiger partial charge in [-0.3, -0.25) is 0 Å². The molecule has 1 aromatic rings. The van der Waals surface area contributed by atoms with Crippen LogP contribution in [0.5, 0.6) is 0 Å². The molecule has 0 spiro atoms.